The van der Waals surface area contributed by atoms with Crippen LogP contribution in [0.25, 0.3) is 0 Å². The zero-order valence-corrected chi connectivity index (χ0v) is 10.9. The Balaban J connectivity index is 2.37. The van der Waals surface area contributed by atoms with Gasteiger partial charge in [-0.15, -0.1) is 0 Å². The fourth-order valence-electron chi connectivity index (χ4n) is 2.50. The Bertz CT molecular complexity index is 151. The Hall–Kier alpha value is 0.480. The van der Waals surface area contributed by atoms with Gasteiger partial charge in [0, 0.05) is 5.33 Å². The van der Waals surface area contributed by atoms with Crippen molar-refractivity contribution in [1.82, 2.24) is 0 Å². The second-order valence-corrected chi connectivity index (χ2v) is 5.72. The van der Waals surface area contributed by atoms with E-state index in [9.17, 15) is 0 Å². The summed E-state index contributed by atoms with van der Waals surface area (Å²) < 4.78 is 0. The van der Waals surface area contributed by atoms with Gasteiger partial charge in [0.05, 0.1) is 0 Å². The lowest BCUT2D eigenvalue weighted by atomic mass is 9.78. The van der Waals surface area contributed by atoms with Crippen LogP contribution >= 0.6 is 15.9 Å². The molecule has 2 unspecified atom stereocenters. The van der Waals surface area contributed by atoms with Gasteiger partial charge in [-0.1, -0.05) is 49.5 Å². The number of rotatable bonds is 6. The van der Waals surface area contributed by atoms with E-state index in [1.165, 1.54) is 37.4 Å². The van der Waals surface area contributed by atoms with Crippen LogP contribution in [0.4, 0.5) is 0 Å². The maximum Gasteiger partial charge on any atom is 0.00880 e. The van der Waals surface area contributed by atoms with Crippen LogP contribution in [0, 0.1) is 17.3 Å². The number of hydrogen-bond acceptors (Lipinski definition) is 0. The van der Waals surface area contributed by atoms with Gasteiger partial charge in [-0.3, -0.25) is 0 Å². The predicted octanol–water partition coefficient (Wildman–Crippen LogP) is 4.62. The molecule has 0 amide bonds. The highest BCUT2D eigenvalue weighted by Gasteiger charge is 2.40. The van der Waals surface area contributed by atoms with E-state index in [1.54, 1.807) is 0 Å². The fourth-order valence-corrected chi connectivity index (χ4v) is 3.19. The van der Waals surface area contributed by atoms with Crippen molar-refractivity contribution in [1.29, 1.82) is 0 Å². The third-order valence-corrected chi connectivity index (χ3v) is 4.75. The van der Waals surface area contributed by atoms with E-state index in [-0.39, 0.29) is 0 Å². The van der Waals surface area contributed by atoms with Gasteiger partial charge in [0.15, 0.2) is 0 Å². The molecule has 0 aromatic rings. The minimum Gasteiger partial charge on any atom is -0.0922 e. The highest BCUT2D eigenvalue weighted by molar-refractivity contribution is 9.09. The molecular weight excluding hydrogens is 224 g/mol. The maximum absolute atomic E-state index is 3.69. The van der Waals surface area contributed by atoms with E-state index in [2.05, 4.69) is 36.7 Å². The molecule has 0 aromatic carbocycles. The Morgan fingerprint density at radius 2 is 2.08 bits per heavy atom. The standard InChI is InChI=1S/C12H23Br/c1-4-5-10(2)8-12(3,9-13)11-6-7-11/h10-11H,4-9H2,1-3H3. The molecule has 0 nitrogen and oxygen atoms in total. The second kappa shape index (κ2) is 4.82. The summed E-state index contributed by atoms with van der Waals surface area (Å²) in [4.78, 5) is 0. The third-order valence-electron chi connectivity index (χ3n) is 3.46. The van der Waals surface area contributed by atoms with Crippen LogP contribution in [0.1, 0.15) is 52.9 Å². The number of halogens is 1. The number of hydrogen-bond donors (Lipinski definition) is 0. The molecule has 1 aliphatic rings. The summed E-state index contributed by atoms with van der Waals surface area (Å²) in [6.07, 6.45) is 7.10. The molecule has 0 aliphatic heterocycles. The maximum atomic E-state index is 3.69. The first-order chi connectivity index (χ1) is 6.12. The summed E-state index contributed by atoms with van der Waals surface area (Å²) in [7, 11) is 0. The van der Waals surface area contributed by atoms with E-state index in [0.29, 0.717) is 5.41 Å². The molecular formula is C12H23Br. The van der Waals surface area contributed by atoms with Crippen molar-refractivity contribution >= 4 is 15.9 Å². The van der Waals surface area contributed by atoms with Gasteiger partial charge in [0.25, 0.3) is 0 Å². The van der Waals surface area contributed by atoms with Crippen molar-refractivity contribution in [2.24, 2.45) is 17.3 Å². The normalized spacial score (nSPS) is 24.0. The van der Waals surface area contributed by atoms with Crippen LogP contribution in [-0.4, -0.2) is 5.33 Å². The molecule has 0 N–H and O–H groups in total. The highest BCUT2D eigenvalue weighted by atomic mass is 79.9. The Labute approximate surface area is 91.6 Å². The van der Waals surface area contributed by atoms with Gasteiger partial charge in [-0.05, 0) is 36.5 Å². The monoisotopic (exact) mass is 246 g/mol. The summed E-state index contributed by atoms with van der Waals surface area (Å²) in [6.45, 7) is 7.16. The molecule has 1 heteroatoms. The van der Waals surface area contributed by atoms with Gasteiger partial charge in [-0.2, -0.15) is 0 Å². The average Bonchev–Trinajstić information content (AvgIpc) is 2.86. The summed E-state index contributed by atoms with van der Waals surface area (Å²) in [5.41, 5.74) is 0.592. The van der Waals surface area contributed by atoms with Gasteiger partial charge in [-0.25, -0.2) is 0 Å². The second-order valence-electron chi connectivity index (χ2n) is 5.16. The molecule has 0 bridgehead atoms. The van der Waals surface area contributed by atoms with Gasteiger partial charge >= 0.3 is 0 Å². The molecule has 13 heavy (non-hydrogen) atoms. The van der Waals surface area contributed by atoms with E-state index >= 15 is 0 Å². The first-order valence-corrected chi connectivity index (χ1v) is 6.80. The lowest BCUT2D eigenvalue weighted by Gasteiger charge is -2.30. The van der Waals surface area contributed by atoms with Crippen molar-refractivity contribution in [3.05, 3.63) is 0 Å². The minimum atomic E-state index is 0.592. The van der Waals surface area contributed by atoms with Crippen LogP contribution in [0.5, 0.6) is 0 Å². The zero-order chi connectivity index (χ0) is 9.90. The number of alkyl halides is 1. The smallest absolute Gasteiger partial charge is 0.00880 e. The lowest BCUT2D eigenvalue weighted by molar-refractivity contribution is 0.238. The molecule has 0 aromatic heterocycles. The van der Waals surface area contributed by atoms with Crippen LogP contribution in [0.3, 0.4) is 0 Å². The van der Waals surface area contributed by atoms with Crippen LogP contribution in [-0.2, 0) is 0 Å². The van der Waals surface area contributed by atoms with E-state index < -0.39 is 0 Å². The van der Waals surface area contributed by atoms with E-state index in [4.69, 9.17) is 0 Å². The highest BCUT2D eigenvalue weighted by Crippen LogP contribution is 2.50. The average molecular weight is 247 g/mol. The Kier molecular flexibility index (Phi) is 4.28. The first-order valence-electron chi connectivity index (χ1n) is 5.68. The van der Waals surface area contributed by atoms with Crippen molar-refractivity contribution in [2.45, 2.75) is 52.9 Å². The van der Waals surface area contributed by atoms with E-state index in [1.807, 2.05) is 0 Å². The zero-order valence-electron chi connectivity index (χ0n) is 9.28. The molecule has 0 heterocycles. The Morgan fingerprint density at radius 1 is 1.46 bits per heavy atom. The van der Waals surface area contributed by atoms with Crippen molar-refractivity contribution in [2.75, 3.05) is 5.33 Å². The van der Waals surface area contributed by atoms with Crippen LogP contribution < -0.4 is 0 Å². The third kappa shape index (κ3) is 3.27. The molecule has 2 atom stereocenters. The summed E-state index contributed by atoms with van der Waals surface area (Å²) >= 11 is 3.69. The van der Waals surface area contributed by atoms with Gasteiger partial charge in [0.2, 0.25) is 0 Å². The van der Waals surface area contributed by atoms with Gasteiger partial charge < -0.3 is 0 Å². The largest absolute Gasteiger partial charge is 0.0922 e. The molecule has 1 rings (SSSR count). The minimum absolute atomic E-state index is 0.592. The van der Waals surface area contributed by atoms with Crippen molar-refractivity contribution < 1.29 is 0 Å². The molecule has 1 aliphatic carbocycles. The predicted molar refractivity (Wildman–Crippen MR) is 63.3 cm³/mol. The van der Waals surface area contributed by atoms with Crippen LogP contribution in [0.15, 0.2) is 0 Å². The van der Waals surface area contributed by atoms with E-state index in [0.717, 1.165) is 11.8 Å². The summed E-state index contributed by atoms with van der Waals surface area (Å²) in [5, 5.41) is 1.19. The molecule has 0 radical (unpaired) electrons. The van der Waals surface area contributed by atoms with Crippen LogP contribution in [0.2, 0.25) is 0 Å². The summed E-state index contributed by atoms with van der Waals surface area (Å²) in [5.74, 6) is 1.93. The SMILES string of the molecule is CCCC(C)CC(C)(CBr)C1CC1. The first kappa shape index (κ1) is 11.6. The van der Waals surface area contributed by atoms with Crippen molar-refractivity contribution in [3.8, 4) is 0 Å². The van der Waals surface area contributed by atoms with Gasteiger partial charge in [0.1, 0.15) is 0 Å². The molecule has 1 fully saturated rings. The quantitative estimate of drug-likeness (QED) is 0.600. The fraction of sp³-hybridized carbons (Fsp3) is 1.00. The molecule has 0 saturated heterocycles. The molecule has 0 spiro atoms. The molecule has 78 valence electrons. The topological polar surface area (TPSA) is 0 Å². The summed E-state index contributed by atoms with van der Waals surface area (Å²) in [6, 6.07) is 0. The lowest BCUT2D eigenvalue weighted by Crippen LogP contribution is -2.24. The van der Waals surface area contributed by atoms with Crippen molar-refractivity contribution in [3.63, 3.8) is 0 Å². The molecule has 1 saturated carbocycles. The Morgan fingerprint density at radius 3 is 2.46 bits per heavy atom.